The molecule has 3 rings (SSSR count). The first-order valence-electron chi connectivity index (χ1n) is 10.7. The molecule has 0 amide bonds. The second kappa shape index (κ2) is 10.1. The van der Waals surface area contributed by atoms with Gasteiger partial charge in [-0.05, 0) is 49.1 Å². The number of methoxy groups -OCH3 is 4. The minimum Gasteiger partial charge on any atom is -0.493 e. The van der Waals surface area contributed by atoms with Crippen molar-refractivity contribution in [1.82, 2.24) is 0 Å². The Bertz CT molecular complexity index is 1060. The molecule has 0 unspecified atom stereocenters. The van der Waals surface area contributed by atoms with Crippen LogP contribution in [0.15, 0.2) is 30.3 Å². The van der Waals surface area contributed by atoms with Gasteiger partial charge in [0.15, 0.2) is 37.8 Å². The van der Waals surface area contributed by atoms with Crippen LogP contribution in [-0.4, -0.2) is 49.7 Å². The third-order valence-electron chi connectivity index (χ3n) is 5.79. The summed E-state index contributed by atoms with van der Waals surface area (Å²) in [6, 6.07) is 8.81. The maximum absolute atomic E-state index is 13.1. The lowest BCUT2D eigenvalue weighted by Gasteiger charge is -2.29. The van der Waals surface area contributed by atoms with Gasteiger partial charge in [-0.25, -0.2) is 8.42 Å². The molecule has 8 nitrogen and oxygen atoms in total. The predicted octanol–water partition coefficient (Wildman–Crippen LogP) is 4.26. The van der Waals surface area contributed by atoms with Crippen molar-refractivity contribution in [3.05, 3.63) is 41.5 Å². The Hall–Kier alpha value is -2.65. The Balaban J connectivity index is 2.04. The number of ether oxygens (including phenoxy) is 6. The summed E-state index contributed by atoms with van der Waals surface area (Å²) in [4.78, 5) is -1.56. The summed E-state index contributed by atoms with van der Waals surface area (Å²) < 4.78 is 60.0. The van der Waals surface area contributed by atoms with Crippen molar-refractivity contribution in [2.45, 2.75) is 37.2 Å². The Morgan fingerprint density at radius 3 is 2.09 bits per heavy atom. The molecule has 33 heavy (non-hydrogen) atoms. The molecular formula is C24H32O8S. The van der Waals surface area contributed by atoms with E-state index in [1.54, 1.807) is 19.2 Å². The first kappa shape index (κ1) is 25.0. The minimum absolute atomic E-state index is 0.269. The smallest absolute Gasteiger partial charge is 0.203 e. The Kier molecular flexibility index (Phi) is 7.64. The SMILES string of the molecule is CCCOc1ccc([C@@H]2CC[C@](c3cc(OC)c(OC)c(OC)c3)(S(C)(=O)=O)O2)cc1OC. The molecule has 0 radical (unpaired) electrons. The van der Waals surface area contributed by atoms with Crippen LogP contribution in [0.4, 0.5) is 0 Å². The molecule has 0 aliphatic carbocycles. The molecule has 0 aromatic heterocycles. The molecular weight excluding hydrogens is 448 g/mol. The number of hydrogen-bond acceptors (Lipinski definition) is 8. The van der Waals surface area contributed by atoms with E-state index in [1.807, 2.05) is 25.1 Å². The highest BCUT2D eigenvalue weighted by molar-refractivity contribution is 7.91. The van der Waals surface area contributed by atoms with Crippen molar-refractivity contribution >= 4 is 9.84 Å². The quantitative estimate of drug-likeness (QED) is 0.498. The van der Waals surface area contributed by atoms with Crippen molar-refractivity contribution in [1.29, 1.82) is 0 Å². The highest BCUT2D eigenvalue weighted by Gasteiger charge is 2.51. The fourth-order valence-corrected chi connectivity index (χ4v) is 5.45. The van der Waals surface area contributed by atoms with Crippen LogP contribution < -0.4 is 23.7 Å². The second-order valence-corrected chi connectivity index (χ2v) is 10.0. The maximum atomic E-state index is 13.1. The summed E-state index contributed by atoms with van der Waals surface area (Å²) in [5.41, 5.74) is 1.24. The van der Waals surface area contributed by atoms with Crippen LogP contribution in [0.3, 0.4) is 0 Å². The predicted molar refractivity (Wildman–Crippen MR) is 124 cm³/mol. The fourth-order valence-electron chi connectivity index (χ4n) is 4.12. The van der Waals surface area contributed by atoms with Gasteiger partial charge < -0.3 is 28.4 Å². The number of hydrogen-bond donors (Lipinski definition) is 0. The van der Waals surface area contributed by atoms with Crippen molar-refractivity contribution in [3.63, 3.8) is 0 Å². The van der Waals surface area contributed by atoms with Gasteiger partial charge in [-0.1, -0.05) is 13.0 Å². The van der Waals surface area contributed by atoms with Gasteiger partial charge in [0, 0.05) is 11.8 Å². The van der Waals surface area contributed by atoms with E-state index in [0.717, 1.165) is 12.0 Å². The summed E-state index contributed by atoms with van der Waals surface area (Å²) in [6.07, 6.45) is 2.38. The average molecular weight is 481 g/mol. The highest BCUT2D eigenvalue weighted by atomic mass is 32.2. The lowest BCUT2D eigenvalue weighted by molar-refractivity contribution is 0.0115. The molecule has 1 aliphatic heterocycles. The summed E-state index contributed by atoms with van der Waals surface area (Å²) in [7, 11) is 2.35. The van der Waals surface area contributed by atoms with Crippen LogP contribution in [0.1, 0.15) is 43.4 Å². The van der Waals surface area contributed by atoms with Gasteiger partial charge in [0.05, 0.1) is 41.2 Å². The number of sulfone groups is 1. The summed E-state index contributed by atoms with van der Waals surface area (Å²) in [6.45, 7) is 2.61. The van der Waals surface area contributed by atoms with Crippen molar-refractivity contribution in [2.75, 3.05) is 41.3 Å². The Labute approximate surface area is 195 Å². The van der Waals surface area contributed by atoms with E-state index >= 15 is 0 Å². The molecule has 2 atom stereocenters. The molecule has 1 aliphatic rings. The third kappa shape index (κ3) is 4.70. The van der Waals surface area contributed by atoms with E-state index in [0.29, 0.717) is 47.3 Å². The van der Waals surface area contributed by atoms with Gasteiger partial charge in [-0.15, -0.1) is 0 Å². The summed E-state index contributed by atoms with van der Waals surface area (Å²) in [5, 5.41) is 0. The van der Waals surface area contributed by atoms with Crippen molar-refractivity contribution < 1.29 is 36.8 Å². The number of benzene rings is 2. The topological polar surface area (TPSA) is 89.5 Å². The molecule has 1 saturated heterocycles. The lowest BCUT2D eigenvalue weighted by atomic mass is 10.0. The molecule has 2 aromatic carbocycles. The monoisotopic (exact) mass is 480 g/mol. The highest BCUT2D eigenvalue weighted by Crippen LogP contribution is 2.52. The van der Waals surface area contributed by atoms with E-state index < -0.39 is 20.9 Å². The summed E-state index contributed by atoms with van der Waals surface area (Å²) >= 11 is 0. The van der Waals surface area contributed by atoms with Crippen molar-refractivity contribution in [2.24, 2.45) is 0 Å². The molecule has 0 bridgehead atoms. The molecule has 2 aromatic rings. The van der Waals surface area contributed by atoms with E-state index in [-0.39, 0.29) is 6.42 Å². The largest absolute Gasteiger partial charge is 0.493 e. The first-order valence-corrected chi connectivity index (χ1v) is 12.6. The van der Waals surface area contributed by atoms with E-state index in [2.05, 4.69) is 0 Å². The normalized spacial score (nSPS) is 20.4. The van der Waals surface area contributed by atoms with Crippen LogP contribution in [0.25, 0.3) is 0 Å². The standard InChI is InChI=1S/C24H32O8S/c1-7-12-31-19-9-8-16(13-20(19)27-2)18-10-11-24(32-18,33(6,25)26)17-14-21(28-3)23(30-5)22(15-17)29-4/h8-9,13-15,18H,7,10-12H2,1-6H3/t18-,24+/m0/s1. The van der Waals surface area contributed by atoms with Crippen LogP contribution >= 0.6 is 0 Å². The van der Waals surface area contributed by atoms with Crippen molar-refractivity contribution in [3.8, 4) is 28.7 Å². The molecule has 9 heteroatoms. The summed E-state index contributed by atoms with van der Waals surface area (Å²) in [5.74, 6) is 2.32. The van der Waals surface area contributed by atoms with Gasteiger partial charge in [0.25, 0.3) is 0 Å². The maximum Gasteiger partial charge on any atom is 0.203 e. The van der Waals surface area contributed by atoms with Crippen LogP contribution in [0.2, 0.25) is 0 Å². The van der Waals surface area contributed by atoms with E-state index in [9.17, 15) is 8.42 Å². The first-order chi connectivity index (χ1) is 15.7. The van der Waals surface area contributed by atoms with Crippen LogP contribution in [0, 0.1) is 0 Å². The minimum atomic E-state index is -3.69. The zero-order chi connectivity index (χ0) is 24.2. The molecule has 1 fully saturated rings. The molecule has 0 spiro atoms. The van der Waals surface area contributed by atoms with Gasteiger partial charge >= 0.3 is 0 Å². The lowest BCUT2D eigenvalue weighted by Crippen LogP contribution is -2.34. The second-order valence-electron chi connectivity index (χ2n) is 7.84. The molecule has 182 valence electrons. The van der Waals surface area contributed by atoms with Crippen LogP contribution in [-0.2, 0) is 19.5 Å². The van der Waals surface area contributed by atoms with Gasteiger partial charge in [0.1, 0.15) is 0 Å². The van der Waals surface area contributed by atoms with Crippen LogP contribution in [0.5, 0.6) is 28.7 Å². The Morgan fingerprint density at radius 2 is 1.58 bits per heavy atom. The number of rotatable bonds is 10. The van der Waals surface area contributed by atoms with Gasteiger partial charge in [-0.3, -0.25) is 0 Å². The molecule has 0 saturated carbocycles. The van der Waals surface area contributed by atoms with Gasteiger partial charge in [-0.2, -0.15) is 0 Å². The fraction of sp³-hybridized carbons (Fsp3) is 0.500. The zero-order valence-corrected chi connectivity index (χ0v) is 20.8. The van der Waals surface area contributed by atoms with Gasteiger partial charge in [0.2, 0.25) is 5.75 Å². The third-order valence-corrected chi connectivity index (χ3v) is 7.53. The average Bonchev–Trinajstić information content (AvgIpc) is 3.28. The Morgan fingerprint density at radius 1 is 0.939 bits per heavy atom. The molecule has 1 heterocycles. The van der Waals surface area contributed by atoms with E-state index in [1.165, 1.54) is 27.6 Å². The molecule has 0 N–H and O–H groups in total. The van der Waals surface area contributed by atoms with E-state index in [4.69, 9.17) is 28.4 Å². The zero-order valence-electron chi connectivity index (χ0n) is 20.0.